The van der Waals surface area contributed by atoms with Crippen LogP contribution in [-0.2, 0) is 0 Å². The molecular formula is C13H19N3O. The van der Waals surface area contributed by atoms with Crippen LogP contribution >= 0.6 is 0 Å². The van der Waals surface area contributed by atoms with Crippen LogP contribution in [0.4, 0.5) is 5.82 Å². The lowest BCUT2D eigenvalue weighted by molar-refractivity contribution is 0.0683. The molecule has 1 saturated heterocycles. The van der Waals surface area contributed by atoms with E-state index in [1.54, 1.807) is 19.3 Å². The molecule has 1 atom stereocenters. The van der Waals surface area contributed by atoms with Gasteiger partial charge < -0.3 is 10.2 Å². The van der Waals surface area contributed by atoms with E-state index in [1.807, 2.05) is 11.0 Å². The molecule has 1 aromatic heterocycles. The second-order valence-corrected chi connectivity index (χ2v) is 4.68. The Labute approximate surface area is 102 Å². The third kappa shape index (κ3) is 2.75. The summed E-state index contributed by atoms with van der Waals surface area (Å²) in [6.45, 7) is 3.95. The van der Waals surface area contributed by atoms with Gasteiger partial charge in [-0.3, -0.25) is 4.79 Å². The zero-order valence-corrected chi connectivity index (χ0v) is 10.4. The number of rotatable bonds is 2. The number of piperidine rings is 1. The molecule has 17 heavy (non-hydrogen) atoms. The number of hydrogen-bond donors (Lipinski definition) is 1. The van der Waals surface area contributed by atoms with Crippen molar-refractivity contribution in [1.82, 2.24) is 9.88 Å². The fraction of sp³-hybridized carbons (Fsp3) is 0.538. The van der Waals surface area contributed by atoms with Crippen LogP contribution in [0.5, 0.6) is 0 Å². The molecule has 0 bridgehead atoms. The molecule has 1 amide bonds. The van der Waals surface area contributed by atoms with Gasteiger partial charge in [0.25, 0.3) is 5.91 Å². The van der Waals surface area contributed by atoms with Crippen LogP contribution in [0.25, 0.3) is 0 Å². The van der Waals surface area contributed by atoms with Gasteiger partial charge >= 0.3 is 0 Å². The number of anilines is 1. The van der Waals surface area contributed by atoms with Crippen molar-refractivity contribution < 1.29 is 4.79 Å². The average Bonchev–Trinajstić information content (AvgIpc) is 2.38. The highest BCUT2D eigenvalue weighted by Crippen LogP contribution is 2.18. The standard InChI is InChI=1S/C13H19N3O/c1-10-4-3-7-16(9-10)13(17)11-5-6-15-12(8-11)14-2/h5-6,8,10H,3-4,7,9H2,1-2H3,(H,14,15). The van der Waals surface area contributed by atoms with Crippen molar-refractivity contribution in [3.05, 3.63) is 23.9 Å². The summed E-state index contributed by atoms with van der Waals surface area (Å²) in [6.07, 6.45) is 4.01. The van der Waals surface area contributed by atoms with E-state index < -0.39 is 0 Å². The molecule has 1 unspecified atom stereocenters. The number of hydrogen-bond acceptors (Lipinski definition) is 3. The van der Waals surface area contributed by atoms with Crippen LogP contribution in [0.15, 0.2) is 18.3 Å². The topological polar surface area (TPSA) is 45.2 Å². The third-order valence-corrected chi connectivity index (χ3v) is 3.21. The SMILES string of the molecule is CNc1cc(C(=O)N2CCCC(C)C2)ccn1. The number of amides is 1. The highest BCUT2D eigenvalue weighted by molar-refractivity contribution is 5.94. The number of nitrogens with one attached hydrogen (secondary N) is 1. The zero-order chi connectivity index (χ0) is 12.3. The Bertz CT molecular complexity index is 405. The van der Waals surface area contributed by atoms with Gasteiger partial charge in [0.2, 0.25) is 0 Å². The molecule has 0 spiro atoms. The van der Waals surface area contributed by atoms with Gasteiger partial charge in [0, 0.05) is 31.9 Å². The molecule has 92 valence electrons. The van der Waals surface area contributed by atoms with E-state index in [0.717, 1.165) is 30.9 Å². The van der Waals surface area contributed by atoms with E-state index in [1.165, 1.54) is 6.42 Å². The second-order valence-electron chi connectivity index (χ2n) is 4.68. The molecule has 4 heteroatoms. The van der Waals surface area contributed by atoms with Crippen molar-refractivity contribution in [2.75, 3.05) is 25.5 Å². The van der Waals surface area contributed by atoms with Gasteiger partial charge in [-0.1, -0.05) is 6.92 Å². The highest BCUT2D eigenvalue weighted by atomic mass is 16.2. The first-order chi connectivity index (χ1) is 8.20. The summed E-state index contributed by atoms with van der Waals surface area (Å²) in [6, 6.07) is 3.59. The summed E-state index contributed by atoms with van der Waals surface area (Å²) in [5.41, 5.74) is 0.721. The Morgan fingerprint density at radius 3 is 3.12 bits per heavy atom. The van der Waals surface area contributed by atoms with Gasteiger partial charge in [-0.05, 0) is 30.9 Å². The molecule has 0 aliphatic carbocycles. The van der Waals surface area contributed by atoms with E-state index in [2.05, 4.69) is 17.2 Å². The molecule has 1 aliphatic rings. The normalized spacial score (nSPS) is 20.1. The van der Waals surface area contributed by atoms with Crippen LogP contribution in [0, 0.1) is 5.92 Å². The van der Waals surface area contributed by atoms with Crippen LogP contribution in [0.1, 0.15) is 30.1 Å². The van der Waals surface area contributed by atoms with Gasteiger partial charge in [0.15, 0.2) is 0 Å². The largest absolute Gasteiger partial charge is 0.373 e. The minimum Gasteiger partial charge on any atom is -0.373 e. The van der Waals surface area contributed by atoms with Crippen LogP contribution < -0.4 is 5.32 Å². The summed E-state index contributed by atoms with van der Waals surface area (Å²) >= 11 is 0. The Morgan fingerprint density at radius 1 is 1.59 bits per heavy atom. The smallest absolute Gasteiger partial charge is 0.254 e. The highest BCUT2D eigenvalue weighted by Gasteiger charge is 2.22. The minimum absolute atomic E-state index is 0.121. The van der Waals surface area contributed by atoms with E-state index in [9.17, 15) is 4.79 Å². The van der Waals surface area contributed by atoms with Crippen molar-refractivity contribution in [2.24, 2.45) is 5.92 Å². The van der Waals surface area contributed by atoms with Crippen LogP contribution in [0.2, 0.25) is 0 Å². The third-order valence-electron chi connectivity index (χ3n) is 3.21. The molecule has 0 radical (unpaired) electrons. The Balaban J connectivity index is 2.12. The molecular weight excluding hydrogens is 214 g/mol. The van der Waals surface area contributed by atoms with Gasteiger partial charge in [0.05, 0.1) is 0 Å². The van der Waals surface area contributed by atoms with Crippen molar-refractivity contribution in [1.29, 1.82) is 0 Å². The van der Waals surface area contributed by atoms with Crippen molar-refractivity contribution >= 4 is 11.7 Å². The molecule has 4 nitrogen and oxygen atoms in total. The summed E-state index contributed by atoms with van der Waals surface area (Å²) in [7, 11) is 1.81. The van der Waals surface area contributed by atoms with E-state index >= 15 is 0 Å². The molecule has 0 aromatic carbocycles. The van der Waals surface area contributed by atoms with Gasteiger partial charge in [-0.15, -0.1) is 0 Å². The Hall–Kier alpha value is -1.58. The molecule has 1 aromatic rings. The predicted molar refractivity (Wildman–Crippen MR) is 68.1 cm³/mol. The summed E-state index contributed by atoms with van der Waals surface area (Å²) in [4.78, 5) is 18.3. The predicted octanol–water partition coefficient (Wildman–Crippen LogP) is 2.00. The zero-order valence-electron chi connectivity index (χ0n) is 10.4. The van der Waals surface area contributed by atoms with E-state index in [0.29, 0.717) is 5.92 Å². The lowest BCUT2D eigenvalue weighted by Gasteiger charge is -2.31. The van der Waals surface area contributed by atoms with E-state index in [-0.39, 0.29) is 5.91 Å². The minimum atomic E-state index is 0.121. The number of nitrogens with zero attached hydrogens (tertiary/aromatic N) is 2. The monoisotopic (exact) mass is 233 g/mol. The fourth-order valence-electron chi connectivity index (χ4n) is 2.26. The first-order valence-electron chi connectivity index (χ1n) is 6.14. The summed E-state index contributed by atoms with van der Waals surface area (Å²) < 4.78 is 0. The molecule has 2 heterocycles. The van der Waals surface area contributed by atoms with Crippen molar-refractivity contribution in [2.45, 2.75) is 19.8 Å². The quantitative estimate of drug-likeness (QED) is 0.849. The summed E-state index contributed by atoms with van der Waals surface area (Å²) in [5, 5.41) is 2.95. The number of likely N-dealkylation sites (tertiary alicyclic amines) is 1. The second kappa shape index (κ2) is 5.17. The van der Waals surface area contributed by atoms with Crippen LogP contribution in [0.3, 0.4) is 0 Å². The average molecular weight is 233 g/mol. The van der Waals surface area contributed by atoms with Crippen molar-refractivity contribution in [3.63, 3.8) is 0 Å². The lowest BCUT2D eigenvalue weighted by Crippen LogP contribution is -2.39. The number of pyridine rings is 1. The summed E-state index contributed by atoms with van der Waals surface area (Å²) in [5.74, 6) is 1.47. The number of carbonyl (C=O) groups is 1. The maximum absolute atomic E-state index is 12.3. The lowest BCUT2D eigenvalue weighted by atomic mass is 9.99. The molecule has 1 N–H and O–H groups in total. The molecule has 1 fully saturated rings. The fourth-order valence-corrected chi connectivity index (χ4v) is 2.26. The Morgan fingerprint density at radius 2 is 2.41 bits per heavy atom. The van der Waals surface area contributed by atoms with Gasteiger partial charge in [0.1, 0.15) is 5.82 Å². The van der Waals surface area contributed by atoms with Crippen LogP contribution in [-0.4, -0.2) is 35.9 Å². The maximum Gasteiger partial charge on any atom is 0.254 e. The first kappa shape index (κ1) is 11.9. The number of aromatic nitrogens is 1. The van der Waals surface area contributed by atoms with E-state index in [4.69, 9.17) is 0 Å². The van der Waals surface area contributed by atoms with Gasteiger partial charge in [-0.25, -0.2) is 4.98 Å². The molecule has 2 rings (SSSR count). The number of carbonyl (C=O) groups excluding carboxylic acids is 1. The molecule has 1 aliphatic heterocycles. The Kier molecular flexibility index (Phi) is 3.61. The first-order valence-corrected chi connectivity index (χ1v) is 6.14. The van der Waals surface area contributed by atoms with Gasteiger partial charge in [-0.2, -0.15) is 0 Å². The van der Waals surface area contributed by atoms with Crippen molar-refractivity contribution in [3.8, 4) is 0 Å². The molecule has 0 saturated carbocycles. The maximum atomic E-state index is 12.3.